The number of ether oxygens (including phenoxy) is 1. The Labute approximate surface area is 211 Å². The maximum atomic E-state index is 13.1. The van der Waals surface area contributed by atoms with Gasteiger partial charge in [-0.2, -0.15) is 12.6 Å². The van der Waals surface area contributed by atoms with Crippen molar-refractivity contribution >= 4 is 30.4 Å². The Bertz CT molecular complexity index is 970. The van der Waals surface area contributed by atoms with Crippen LogP contribution in [0.15, 0.2) is 54.6 Å². The number of thiol groups is 1. The summed E-state index contributed by atoms with van der Waals surface area (Å²) in [5.41, 5.74) is 1.60. The first-order chi connectivity index (χ1) is 16.6. The van der Waals surface area contributed by atoms with Crippen LogP contribution in [0.25, 0.3) is 0 Å². The van der Waals surface area contributed by atoms with Crippen molar-refractivity contribution in [2.24, 2.45) is 5.92 Å². The summed E-state index contributed by atoms with van der Waals surface area (Å²) in [7, 11) is 0. The van der Waals surface area contributed by atoms with E-state index in [9.17, 15) is 24.6 Å². The standard InChI is InChI=1S/C26H34N2O6S/c1-4-16(2)22(24(30)27-21(26(32)33)14-18-10-12-20(29)13-11-18)28-25(31)23(35)17(3)34-15-19-8-6-5-7-9-19/h5-13,16-17,21-23,29,35H,4,14-15H2,1-3H3,(H,27,30)(H,28,31)(H,32,33)/t16-,17?,21-,22-,23?/m0/s1. The predicted molar refractivity (Wildman–Crippen MR) is 136 cm³/mol. The molecule has 8 nitrogen and oxygen atoms in total. The molecule has 35 heavy (non-hydrogen) atoms. The number of hydrogen-bond donors (Lipinski definition) is 5. The van der Waals surface area contributed by atoms with Crippen molar-refractivity contribution < 1.29 is 29.3 Å². The van der Waals surface area contributed by atoms with Crippen molar-refractivity contribution in [2.75, 3.05) is 0 Å². The molecule has 2 aromatic carbocycles. The molecule has 0 saturated heterocycles. The van der Waals surface area contributed by atoms with Gasteiger partial charge in [-0.15, -0.1) is 0 Å². The highest BCUT2D eigenvalue weighted by molar-refractivity contribution is 7.81. The highest BCUT2D eigenvalue weighted by Gasteiger charge is 2.32. The van der Waals surface area contributed by atoms with Gasteiger partial charge < -0.3 is 25.6 Å². The molecule has 2 amide bonds. The zero-order valence-corrected chi connectivity index (χ0v) is 21.1. The first-order valence-corrected chi connectivity index (χ1v) is 12.1. The predicted octanol–water partition coefficient (Wildman–Crippen LogP) is 2.94. The van der Waals surface area contributed by atoms with Gasteiger partial charge in [0.25, 0.3) is 0 Å². The summed E-state index contributed by atoms with van der Waals surface area (Å²) in [4.78, 5) is 37.7. The monoisotopic (exact) mass is 502 g/mol. The third kappa shape index (κ3) is 8.92. The molecule has 0 aliphatic carbocycles. The number of rotatable bonds is 13. The molecule has 0 fully saturated rings. The van der Waals surface area contributed by atoms with Crippen LogP contribution in [0.5, 0.6) is 5.75 Å². The van der Waals surface area contributed by atoms with Crippen LogP contribution < -0.4 is 10.6 Å². The van der Waals surface area contributed by atoms with E-state index in [1.165, 1.54) is 12.1 Å². The lowest BCUT2D eigenvalue weighted by Crippen LogP contribution is -2.56. The number of carbonyl (C=O) groups is 3. The molecule has 0 bridgehead atoms. The smallest absolute Gasteiger partial charge is 0.326 e. The molecular weight excluding hydrogens is 468 g/mol. The Morgan fingerprint density at radius 2 is 1.57 bits per heavy atom. The Hall–Kier alpha value is -3.04. The number of aromatic hydroxyl groups is 1. The molecular formula is C26H34N2O6S. The molecule has 5 atom stereocenters. The Morgan fingerprint density at radius 3 is 2.14 bits per heavy atom. The van der Waals surface area contributed by atoms with Crippen LogP contribution in [0.1, 0.15) is 38.3 Å². The van der Waals surface area contributed by atoms with Crippen molar-refractivity contribution in [3.05, 3.63) is 65.7 Å². The van der Waals surface area contributed by atoms with Gasteiger partial charge in [0.15, 0.2) is 0 Å². The average molecular weight is 503 g/mol. The number of nitrogens with one attached hydrogen (secondary N) is 2. The maximum absolute atomic E-state index is 13.1. The fraction of sp³-hybridized carbons (Fsp3) is 0.423. The summed E-state index contributed by atoms with van der Waals surface area (Å²) < 4.78 is 5.78. The zero-order chi connectivity index (χ0) is 26.0. The number of phenolic OH excluding ortho intramolecular Hbond substituents is 1. The zero-order valence-electron chi connectivity index (χ0n) is 20.2. The van der Waals surface area contributed by atoms with E-state index in [1.54, 1.807) is 19.1 Å². The van der Waals surface area contributed by atoms with Gasteiger partial charge in [0, 0.05) is 6.42 Å². The first-order valence-electron chi connectivity index (χ1n) is 11.6. The number of aliphatic carboxylic acids is 1. The van der Waals surface area contributed by atoms with E-state index in [4.69, 9.17) is 4.74 Å². The number of benzene rings is 2. The molecule has 9 heteroatoms. The van der Waals surface area contributed by atoms with Gasteiger partial charge in [-0.25, -0.2) is 4.79 Å². The third-order valence-corrected chi connectivity index (χ3v) is 6.51. The summed E-state index contributed by atoms with van der Waals surface area (Å²) >= 11 is 4.40. The average Bonchev–Trinajstić information content (AvgIpc) is 2.85. The lowest BCUT2D eigenvalue weighted by atomic mass is 9.97. The van der Waals surface area contributed by atoms with E-state index in [2.05, 4.69) is 23.3 Å². The van der Waals surface area contributed by atoms with Crippen LogP contribution in [0.2, 0.25) is 0 Å². The van der Waals surface area contributed by atoms with E-state index >= 15 is 0 Å². The molecule has 0 spiro atoms. The van der Waals surface area contributed by atoms with Gasteiger partial charge in [0.05, 0.1) is 12.7 Å². The van der Waals surface area contributed by atoms with Crippen LogP contribution in [-0.2, 0) is 32.1 Å². The minimum Gasteiger partial charge on any atom is -0.508 e. The SMILES string of the molecule is CC[C@H](C)[C@H](NC(=O)C(S)C(C)OCc1ccccc1)C(=O)N[C@@H](Cc1ccc(O)cc1)C(=O)O. The molecule has 0 saturated carbocycles. The van der Waals surface area contributed by atoms with E-state index in [0.717, 1.165) is 5.56 Å². The number of carboxylic acids is 1. The Kier molecular flexibility index (Phi) is 11.1. The topological polar surface area (TPSA) is 125 Å². The van der Waals surface area contributed by atoms with Gasteiger partial charge in [0.1, 0.15) is 23.1 Å². The lowest BCUT2D eigenvalue weighted by Gasteiger charge is -2.28. The van der Waals surface area contributed by atoms with Gasteiger partial charge in [-0.05, 0) is 36.1 Å². The van der Waals surface area contributed by atoms with E-state index in [-0.39, 0.29) is 18.1 Å². The second-order valence-electron chi connectivity index (χ2n) is 8.59. The summed E-state index contributed by atoms with van der Waals surface area (Å²) in [6, 6.07) is 13.5. The molecule has 0 radical (unpaired) electrons. The summed E-state index contributed by atoms with van der Waals surface area (Å²) in [5.74, 6) is -2.44. The number of hydrogen-bond acceptors (Lipinski definition) is 6. The van der Waals surface area contributed by atoms with E-state index in [1.807, 2.05) is 44.2 Å². The van der Waals surface area contributed by atoms with Crippen LogP contribution in [0.4, 0.5) is 0 Å². The molecule has 2 rings (SSSR count). The van der Waals surface area contributed by atoms with Crippen molar-refractivity contribution in [2.45, 2.75) is 63.7 Å². The van der Waals surface area contributed by atoms with E-state index in [0.29, 0.717) is 18.6 Å². The normalized spacial score (nSPS) is 15.3. The van der Waals surface area contributed by atoms with Gasteiger partial charge in [0.2, 0.25) is 11.8 Å². The van der Waals surface area contributed by atoms with Crippen LogP contribution >= 0.6 is 12.6 Å². The Morgan fingerprint density at radius 1 is 0.943 bits per heavy atom. The summed E-state index contributed by atoms with van der Waals surface area (Å²) in [6.45, 7) is 5.74. The number of amides is 2. The molecule has 2 unspecified atom stereocenters. The minimum atomic E-state index is -1.20. The third-order valence-electron chi connectivity index (χ3n) is 5.85. The molecule has 0 aliphatic rings. The number of carbonyl (C=O) groups excluding carboxylic acids is 2. The summed E-state index contributed by atoms with van der Waals surface area (Å²) in [6.07, 6.45) is 0.0911. The highest BCUT2D eigenvalue weighted by Crippen LogP contribution is 2.15. The van der Waals surface area contributed by atoms with Crippen molar-refractivity contribution in [3.63, 3.8) is 0 Å². The molecule has 0 aromatic heterocycles. The fourth-order valence-electron chi connectivity index (χ4n) is 3.38. The van der Waals surface area contributed by atoms with Crippen LogP contribution in [0.3, 0.4) is 0 Å². The van der Waals surface area contributed by atoms with Crippen molar-refractivity contribution in [3.8, 4) is 5.75 Å². The number of phenols is 1. The molecule has 0 aliphatic heterocycles. The second-order valence-corrected chi connectivity index (χ2v) is 9.14. The Balaban J connectivity index is 2.02. The van der Waals surface area contributed by atoms with Crippen LogP contribution in [0, 0.1) is 5.92 Å². The van der Waals surface area contributed by atoms with Gasteiger partial charge in [-0.3, -0.25) is 9.59 Å². The minimum absolute atomic E-state index is 0.0298. The molecule has 190 valence electrons. The van der Waals surface area contributed by atoms with Gasteiger partial charge in [-0.1, -0.05) is 62.7 Å². The molecule has 2 aromatic rings. The largest absolute Gasteiger partial charge is 0.508 e. The number of carboxylic acid groups (broad SMARTS) is 1. The maximum Gasteiger partial charge on any atom is 0.326 e. The molecule has 4 N–H and O–H groups in total. The van der Waals surface area contributed by atoms with E-state index < -0.39 is 41.2 Å². The summed E-state index contributed by atoms with van der Waals surface area (Å²) in [5, 5.41) is 23.5. The molecule has 0 heterocycles. The van der Waals surface area contributed by atoms with Crippen molar-refractivity contribution in [1.29, 1.82) is 0 Å². The van der Waals surface area contributed by atoms with Gasteiger partial charge >= 0.3 is 5.97 Å². The van der Waals surface area contributed by atoms with Crippen LogP contribution in [-0.4, -0.2) is 51.4 Å². The fourth-order valence-corrected chi connectivity index (χ4v) is 3.54. The first kappa shape index (κ1) is 28.2. The highest BCUT2D eigenvalue weighted by atomic mass is 32.1. The van der Waals surface area contributed by atoms with Crippen molar-refractivity contribution in [1.82, 2.24) is 10.6 Å². The lowest BCUT2D eigenvalue weighted by molar-refractivity contribution is -0.142. The second kappa shape index (κ2) is 13.7. The quantitative estimate of drug-likeness (QED) is 0.268.